The zero-order valence-electron chi connectivity index (χ0n) is 14.7. The summed E-state index contributed by atoms with van der Waals surface area (Å²) in [5.41, 5.74) is 2.25. The van der Waals surface area contributed by atoms with Crippen molar-refractivity contribution in [2.45, 2.75) is 25.3 Å². The van der Waals surface area contributed by atoms with E-state index in [-0.39, 0.29) is 11.9 Å². The maximum absolute atomic E-state index is 13.0. The van der Waals surface area contributed by atoms with E-state index in [0.29, 0.717) is 19.4 Å². The normalized spacial score (nSPS) is 20.0. The molecular weight excluding hydrogens is 326 g/mol. The molecule has 3 amide bonds. The summed E-state index contributed by atoms with van der Waals surface area (Å²) in [4.78, 5) is 29.9. The number of para-hydroxylation sites is 1. The van der Waals surface area contributed by atoms with Crippen LogP contribution in [0.2, 0.25) is 0 Å². The molecule has 1 unspecified atom stereocenters. The number of carbonyl (C=O) groups excluding carboxylic acids is 2. The average Bonchev–Trinajstić information content (AvgIpc) is 3.14. The molecule has 0 aliphatic carbocycles. The summed E-state index contributed by atoms with van der Waals surface area (Å²) in [6, 6.07) is 17.5. The molecule has 5 heteroatoms. The van der Waals surface area contributed by atoms with E-state index >= 15 is 0 Å². The second-order valence-electron chi connectivity index (χ2n) is 6.99. The van der Waals surface area contributed by atoms with Crippen LogP contribution in [0.25, 0.3) is 10.9 Å². The molecule has 0 spiro atoms. The Balaban J connectivity index is 1.52. The first-order valence-electron chi connectivity index (χ1n) is 8.80. The molecule has 0 radical (unpaired) electrons. The van der Waals surface area contributed by atoms with Gasteiger partial charge in [0, 0.05) is 30.1 Å². The highest BCUT2D eigenvalue weighted by molar-refractivity contribution is 6.07. The number of urea groups is 1. The van der Waals surface area contributed by atoms with Crippen LogP contribution in [-0.4, -0.2) is 33.9 Å². The van der Waals surface area contributed by atoms with Crippen LogP contribution in [0.4, 0.5) is 4.79 Å². The van der Waals surface area contributed by atoms with Crippen molar-refractivity contribution in [2.24, 2.45) is 0 Å². The van der Waals surface area contributed by atoms with Gasteiger partial charge < -0.3 is 10.3 Å². The van der Waals surface area contributed by atoms with Gasteiger partial charge in [-0.1, -0.05) is 48.5 Å². The maximum Gasteiger partial charge on any atom is 0.325 e. The number of hydrogen-bond acceptors (Lipinski definition) is 2. The Morgan fingerprint density at radius 3 is 2.54 bits per heavy atom. The predicted octanol–water partition coefficient (Wildman–Crippen LogP) is 3.26. The number of benzene rings is 2. The number of rotatable bonds is 5. The molecule has 4 rings (SSSR count). The predicted molar refractivity (Wildman–Crippen MR) is 101 cm³/mol. The standard InChI is InChI=1S/C21H21N3O2/c1-21(13-16-14-22-18-10-6-5-9-17(16)18)19(25)24(20(26)23-21)12-11-15-7-3-2-4-8-15/h2-10,14,22H,11-13H2,1H3,(H,23,26). The number of carbonyl (C=O) groups is 2. The number of nitrogens with one attached hydrogen (secondary N) is 2. The third-order valence-electron chi connectivity index (χ3n) is 5.03. The summed E-state index contributed by atoms with van der Waals surface area (Å²) in [7, 11) is 0. The lowest BCUT2D eigenvalue weighted by atomic mass is 9.92. The van der Waals surface area contributed by atoms with Crippen LogP contribution < -0.4 is 5.32 Å². The number of hydrogen-bond donors (Lipinski definition) is 2. The molecule has 5 nitrogen and oxygen atoms in total. The van der Waals surface area contributed by atoms with E-state index in [0.717, 1.165) is 22.0 Å². The van der Waals surface area contributed by atoms with E-state index in [4.69, 9.17) is 0 Å². The van der Waals surface area contributed by atoms with E-state index < -0.39 is 5.54 Å². The molecule has 2 heterocycles. The summed E-state index contributed by atoms with van der Waals surface area (Å²) < 4.78 is 0. The fraction of sp³-hybridized carbons (Fsp3) is 0.238. The molecule has 2 aromatic carbocycles. The first-order valence-corrected chi connectivity index (χ1v) is 8.80. The number of fused-ring (bicyclic) bond motifs is 1. The Bertz CT molecular complexity index is 964. The lowest BCUT2D eigenvalue weighted by molar-refractivity contribution is -0.130. The summed E-state index contributed by atoms with van der Waals surface area (Å²) >= 11 is 0. The van der Waals surface area contributed by atoms with E-state index in [2.05, 4.69) is 10.3 Å². The van der Waals surface area contributed by atoms with Crippen LogP contribution in [0.3, 0.4) is 0 Å². The van der Waals surface area contributed by atoms with Crippen LogP contribution in [-0.2, 0) is 17.6 Å². The zero-order chi connectivity index (χ0) is 18.1. The fourth-order valence-corrected chi connectivity index (χ4v) is 3.61. The molecule has 1 atom stereocenters. The molecule has 132 valence electrons. The maximum atomic E-state index is 13.0. The van der Waals surface area contributed by atoms with Crippen molar-refractivity contribution < 1.29 is 9.59 Å². The highest BCUT2D eigenvalue weighted by Crippen LogP contribution is 2.27. The van der Waals surface area contributed by atoms with E-state index in [1.165, 1.54) is 4.90 Å². The van der Waals surface area contributed by atoms with Gasteiger partial charge in [-0.2, -0.15) is 0 Å². The van der Waals surface area contributed by atoms with Gasteiger partial charge in [-0.25, -0.2) is 4.79 Å². The number of amides is 3. The molecule has 3 aromatic rings. The van der Waals surface area contributed by atoms with Crippen molar-refractivity contribution in [1.29, 1.82) is 0 Å². The van der Waals surface area contributed by atoms with Crippen LogP contribution in [0.15, 0.2) is 60.8 Å². The van der Waals surface area contributed by atoms with Gasteiger partial charge in [-0.05, 0) is 30.5 Å². The fourth-order valence-electron chi connectivity index (χ4n) is 3.61. The van der Waals surface area contributed by atoms with E-state index in [9.17, 15) is 9.59 Å². The molecule has 1 saturated heterocycles. The lowest BCUT2D eigenvalue weighted by Gasteiger charge is -2.21. The van der Waals surface area contributed by atoms with Crippen molar-refractivity contribution >= 4 is 22.8 Å². The topological polar surface area (TPSA) is 65.2 Å². The molecule has 0 saturated carbocycles. The van der Waals surface area contributed by atoms with Crippen molar-refractivity contribution in [3.8, 4) is 0 Å². The molecule has 1 fully saturated rings. The summed E-state index contributed by atoms with van der Waals surface area (Å²) in [6.07, 6.45) is 3.04. The average molecular weight is 347 g/mol. The first-order chi connectivity index (χ1) is 12.6. The van der Waals surface area contributed by atoms with Gasteiger partial charge in [0.1, 0.15) is 5.54 Å². The zero-order valence-corrected chi connectivity index (χ0v) is 14.7. The van der Waals surface area contributed by atoms with Gasteiger partial charge in [-0.3, -0.25) is 9.69 Å². The largest absolute Gasteiger partial charge is 0.361 e. The third kappa shape index (κ3) is 2.86. The van der Waals surface area contributed by atoms with Crippen LogP contribution >= 0.6 is 0 Å². The van der Waals surface area contributed by atoms with Gasteiger partial charge in [-0.15, -0.1) is 0 Å². The van der Waals surface area contributed by atoms with Crippen LogP contribution in [0, 0.1) is 0 Å². The van der Waals surface area contributed by atoms with Gasteiger partial charge in [0.05, 0.1) is 0 Å². The SMILES string of the molecule is CC1(Cc2c[nH]c3ccccc23)NC(=O)N(CCc2ccccc2)C1=O. The van der Waals surface area contributed by atoms with Gasteiger partial charge in [0.2, 0.25) is 0 Å². The highest BCUT2D eigenvalue weighted by atomic mass is 16.2. The molecule has 0 bridgehead atoms. The van der Waals surface area contributed by atoms with E-state index in [1.807, 2.05) is 60.8 Å². The molecule has 1 aromatic heterocycles. The number of nitrogens with zero attached hydrogens (tertiary/aromatic N) is 1. The number of H-pyrrole nitrogens is 1. The Labute approximate surface area is 152 Å². The smallest absolute Gasteiger partial charge is 0.325 e. The van der Waals surface area contributed by atoms with Gasteiger partial charge >= 0.3 is 6.03 Å². The van der Waals surface area contributed by atoms with Crippen molar-refractivity contribution in [2.75, 3.05) is 6.54 Å². The van der Waals surface area contributed by atoms with E-state index in [1.54, 1.807) is 6.92 Å². The minimum absolute atomic E-state index is 0.163. The Morgan fingerprint density at radius 2 is 1.73 bits per heavy atom. The second-order valence-corrected chi connectivity index (χ2v) is 6.99. The Morgan fingerprint density at radius 1 is 1.00 bits per heavy atom. The minimum atomic E-state index is -0.918. The highest BCUT2D eigenvalue weighted by Gasteiger charge is 2.47. The summed E-state index contributed by atoms with van der Waals surface area (Å²) in [5, 5.41) is 3.97. The lowest BCUT2D eigenvalue weighted by Crippen LogP contribution is -2.46. The van der Waals surface area contributed by atoms with Crippen molar-refractivity contribution in [3.63, 3.8) is 0 Å². The minimum Gasteiger partial charge on any atom is -0.361 e. The Kier molecular flexibility index (Phi) is 3.99. The Hall–Kier alpha value is -3.08. The first kappa shape index (κ1) is 16.4. The summed E-state index contributed by atoms with van der Waals surface area (Å²) in [6.45, 7) is 2.19. The number of aromatic amines is 1. The van der Waals surface area contributed by atoms with Crippen molar-refractivity contribution in [1.82, 2.24) is 15.2 Å². The quantitative estimate of drug-likeness (QED) is 0.696. The third-order valence-corrected chi connectivity index (χ3v) is 5.03. The van der Waals surface area contributed by atoms with Gasteiger partial charge in [0.25, 0.3) is 5.91 Å². The van der Waals surface area contributed by atoms with Crippen LogP contribution in [0.1, 0.15) is 18.1 Å². The molecule has 26 heavy (non-hydrogen) atoms. The monoisotopic (exact) mass is 347 g/mol. The van der Waals surface area contributed by atoms with Gasteiger partial charge in [0.15, 0.2) is 0 Å². The number of aromatic nitrogens is 1. The molecule has 1 aliphatic heterocycles. The molecule has 2 N–H and O–H groups in total. The molecule has 1 aliphatic rings. The second kappa shape index (κ2) is 6.33. The number of imide groups is 1. The summed E-state index contributed by atoms with van der Waals surface area (Å²) in [5.74, 6) is -0.163. The van der Waals surface area contributed by atoms with Crippen molar-refractivity contribution in [3.05, 3.63) is 71.9 Å². The molecular formula is C21H21N3O2. The van der Waals surface area contributed by atoms with Crippen LogP contribution in [0.5, 0.6) is 0 Å².